The molecule has 1 amide bonds. The third-order valence-electron chi connectivity index (χ3n) is 6.22. The van der Waals surface area contributed by atoms with E-state index in [2.05, 4.69) is 0 Å². The number of fused-ring (bicyclic) bond motifs is 1. The Bertz CT molecular complexity index is 1220. The van der Waals surface area contributed by atoms with Crippen molar-refractivity contribution in [1.82, 2.24) is 4.90 Å². The van der Waals surface area contributed by atoms with E-state index in [9.17, 15) is 19.8 Å². The highest BCUT2D eigenvalue weighted by Gasteiger charge is 2.47. The fraction of sp³-hybridized carbons (Fsp3) is 0.231. The third-order valence-corrected chi connectivity index (χ3v) is 6.22. The van der Waals surface area contributed by atoms with Crippen LogP contribution in [0.4, 0.5) is 0 Å². The average Bonchev–Trinajstić information content (AvgIpc) is 3.41. The summed E-state index contributed by atoms with van der Waals surface area (Å²) in [6.45, 7) is 0.900. The second-order valence-electron chi connectivity index (χ2n) is 8.20. The lowest BCUT2D eigenvalue weighted by atomic mass is 9.93. The van der Waals surface area contributed by atoms with Crippen molar-refractivity contribution >= 4 is 28.2 Å². The molecule has 0 bridgehead atoms. The van der Waals surface area contributed by atoms with Crippen LogP contribution in [0.3, 0.4) is 0 Å². The van der Waals surface area contributed by atoms with Crippen LogP contribution in [0.2, 0.25) is 0 Å². The number of ketones is 1. The number of aliphatic hydroxyl groups excluding tert-OH is 1. The number of rotatable bonds is 4. The molecule has 0 radical (unpaired) electrons. The predicted octanol–water partition coefficient (Wildman–Crippen LogP) is 4.15. The van der Waals surface area contributed by atoms with Gasteiger partial charge in [-0.15, -0.1) is 0 Å². The summed E-state index contributed by atoms with van der Waals surface area (Å²) in [5, 5.41) is 22.8. The van der Waals surface area contributed by atoms with Crippen LogP contribution >= 0.6 is 0 Å². The topological polar surface area (TPSA) is 87.1 Å². The van der Waals surface area contributed by atoms with Gasteiger partial charge in [-0.2, -0.15) is 0 Å². The Morgan fingerprint density at radius 2 is 1.75 bits per heavy atom. The van der Waals surface area contributed by atoms with E-state index in [0.29, 0.717) is 17.7 Å². The van der Waals surface area contributed by atoms with Crippen LogP contribution in [-0.4, -0.2) is 46.1 Å². The molecule has 6 heteroatoms. The summed E-state index contributed by atoms with van der Waals surface area (Å²) in [4.78, 5) is 27.8. The van der Waals surface area contributed by atoms with Gasteiger partial charge in [-0.3, -0.25) is 9.59 Å². The molecule has 2 saturated heterocycles. The molecule has 0 aromatic heterocycles. The Morgan fingerprint density at radius 3 is 2.50 bits per heavy atom. The van der Waals surface area contributed by atoms with Crippen molar-refractivity contribution in [2.45, 2.75) is 25.0 Å². The van der Waals surface area contributed by atoms with E-state index >= 15 is 0 Å². The number of carbonyl (C=O) groups is 2. The zero-order valence-electron chi connectivity index (χ0n) is 17.4. The highest BCUT2D eigenvalue weighted by Crippen LogP contribution is 2.41. The first-order chi connectivity index (χ1) is 15.5. The van der Waals surface area contributed by atoms with E-state index in [1.165, 1.54) is 17.0 Å². The predicted molar refractivity (Wildman–Crippen MR) is 120 cm³/mol. The molecular weight excluding hydrogens is 406 g/mol. The van der Waals surface area contributed by atoms with Gasteiger partial charge in [-0.25, -0.2) is 0 Å². The first kappa shape index (κ1) is 20.3. The van der Waals surface area contributed by atoms with Gasteiger partial charge in [0.25, 0.3) is 11.7 Å². The second-order valence-corrected chi connectivity index (χ2v) is 8.20. The molecule has 6 nitrogen and oxygen atoms in total. The van der Waals surface area contributed by atoms with Crippen molar-refractivity contribution in [1.29, 1.82) is 0 Å². The Morgan fingerprint density at radius 1 is 1.00 bits per heavy atom. The largest absolute Gasteiger partial charge is 0.508 e. The van der Waals surface area contributed by atoms with Gasteiger partial charge < -0.3 is 19.8 Å². The number of hydrogen-bond acceptors (Lipinski definition) is 5. The van der Waals surface area contributed by atoms with E-state index in [1.807, 2.05) is 36.4 Å². The van der Waals surface area contributed by atoms with Crippen LogP contribution in [0, 0.1) is 0 Å². The maximum Gasteiger partial charge on any atom is 0.295 e. The maximum absolute atomic E-state index is 13.2. The number of carbonyl (C=O) groups excluding carboxylic acids is 2. The third kappa shape index (κ3) is 3.42. The first-order valence-electron chi connectivity index (χ1n) is 10.7. The summed E-state index contributed by atoms with van der Waals surface area (Å²) < 4.78 is 5.72. The number of ether oxygens (including phenoxy) is 1. The molecule has 3 aromatic carbocycles. The smallest absolute Gasteiger partial charge is 0.295 e. The zero-order chi connectivity index (χ0) is 22.2. The van der Waals surface area contributed by atoms with Gasteiger partial charge in [0.2, 0.25) is 0 Å². The van der Waals surface area contributed by atoms with Crippen LogP contribution in [0.5, 0.6) is 5.75 Å². The monoisotopic (exact) mass is 429 g/mol. The number of likely N-dealkylation sites (tertiary alicyclic amines) is 1. The number of hydrogen-bond donors (Lipinski definition) is 2. The van der Waals surface area contributed by atoms with E-state index in [4.69, 9.17) is 4.74 Å². The molecule has 32 heavy (non-hydrogen) atoms. The van der Waals surface area contributed by atoms with Gasteiger partial charge in [0.15, 0.2) is 0 Å². The normalized spacial score (nSPS) is 22.7. The molecule has 3 aromatic rings. The van der Waals surface area contributed by atoms with Gasteiger partial charge in [0.05, 0.1) is 17.7 Å². The molecule has 0 aliphatic carbocycles. The van der Waals surface area contributed by atoms with Crippen molar-refractivity contribution in [3.05, 3.63) is 83.4 Å². The molecule has 162 valence electrons. The SMILES string of the molecule is O=C1C(=O)N(CC2CCCO2)C(c2ccc(O)cc2)/C1=C(/O)c1cccc2ccccc12. The number of Topliss-reactive ketones (excluding diaryl/α,β-unsaturated/α-hetero) is 1. The van der Waals surface area contributed by atoms with Crippen LogP contribution in [-0.2, 0) is 14.3 Å². The van der Waals surface area contributed by atoms with Gasteiger partial charge in [-0.1, -0.05) is 54.6 Å². The lowest BCUT2D eigenvalue weighted by Crippen LogP contribution is -2.36. The van der Waals surface area contributed by atoms with E-state index in [0.717, 1.165) is 23.6 Å². The highest BCUT2D eigenvalue weighted by molar-refractivity contribution is 6.46. The van der Waals surface area contributed by atoms with Crippen LogP contribution in [0.15, 0.2) is 72.3 Å². The lowest BCUT2D eigenvalue weighted by molar-refractivity contribution is -0.140. The number of aliphatic hydroxyl groups is 1. The highest BCUT2D eigenvalue weighted by atomic mass is 16.5. The van der Waals surface area contributed by atoms with E-state index < -0.39 is 17.7 Å². The van der Waals surface area contributed by atoms with Gasteiger partial charge in [0.1, 0.15) is 11.5 Å². The number of nitrogens with zero attached hydrogens (tertiary/aromatic N) is 1. The lowest BCUT2D eigenvalue weighted by Gasteiger charge is -2.27. The number of aromatic hydroxyl groups is 1. The Labute approximate surface area is 185 Å². The summed E-state index contributed by atoms with van der Waals surface area (Å²) in [6.07, 6.45) is 1.58. The molecule has 0 saturated carbocycles. The standard InChI is InChI=1S/C26H23NO5/c28-18-12-10-17(11-13-18)23-22(25(30)26(31)27(23)15-19-7-4-14-32-19)24(29)21-9-3-6-16-5-1-2-8-20(16)21/h1-3,5-6,8-13,19,23,28-29H,4,7,14-15H2/b24-22-. The Kier molecular flexibility index (Phi) is 5.15. The average molecular weight is 429 g/mol. The summed E-state index contributed by atoms with van der Waals surface area (Å²) in [6, 6.07) is 18.7. The van der Waals surface area contributed by atoms with E-state index in [-0.39, 0.29) is 29.7 Å². The summed E-state index contributed by atoms with van der Waals surface area (Å²) in [7, 11) is 0. The summed E-state index contributed by atoms with van der Waals surface area (Å²) in [5.41, 5.74) is 1.19. The number of benzene rings is 3. The minimum absolute atomic E-state index is 0.0510. The van der Waals surface area contributed by atoms with E-state index in [1.54, 1.807) is 18.2 Å². The number of phenolic OH excluding ortho intramolecular Hbond substituents is 1. The molecule has 2 aliphatic rings. The van der Waals surface area contributed by atoms with Crippen molar-refractivity contribution in [3.63, 3.8) is 0 Å². The molecule has 0 spiro atoms. The quantitative estimate of drug-likeness (QED) is 0.370. The molecular formula is C26H23NO5. The van der Waals surface area contributed by atoms with Crippen LogP contribution < -0.4 is 0 Å². The van der Waals surface area contributed by atoms with Crippen LogP contribution in [0.25, 0.3) is 16.5 Å². The minimum atomic E-state index is -0.765. The number of amides is 1. The van der Waals surface area contributed by atoms with Gasteiger partial charge in [-0.05, 0) is 41.3 Å². The molecule has 5 rings (SSSR count). The van der Waals surface area contributed by atoms with Crippen molar-refractivity contribution < 1.29 is 24.5 Å². The molecule has 2 unspecified atom stereocenters. The minimum Gasteiger partial charge on any atom is -0.508 e. The Hall–Kier alpha value is -3.64. The fourth-order valence-corrected chi connectivity index (χ4v) is 4.66. The zero-order valence-corrected chi connectivity index (χ0v) is 17.4. The van der Waals surface area contributed by atoms with Crippen molar-refractivity contribution in [2.24, 2.45) is 0 Å². The van der Waals surface area contributed by atoms with Crippen molar-refractivity contribution in [3.8, 4) is 5.75 Å². The first-order valence-corrected chi connectivity index (χ1v) is 10.7. The Balaban J connectivity index is 1.68. The molecule has 2 heterocycles. The molecule has 2 N–H and O–H groups in total. The van der Waals surface area contributed by atoms with Gasteiger partial charge >= 0.3 is 0 Å². The number of phenols is 1. The summed E-state index contributed by atoms with van der Waals surface area (Å²) in [5.74, 6) is -1.49. The fourth-order valence-electron chi connectivity index (χ4n) is 4.66. The van der Waals surface area contributed by atoms with Gasteiger partial charge in [0, 0.05) is 18.7 Å². The maximum atomic E-state index is 13.2. The van der Waals surface area contributed by atoms with Crippen LogP contribution in [0.1, 0.15) is 30.0 Å². The summed E-state index contributed by atoms with van der Waals surface area (Å²) >= 11 is 0. The molecule has 2 aliphatic heterocycles. The van der Waals surface area contributed by atoms with Crippen molar-refractivity contribution in [2.75, 3.05) is 13.2 Å². The molecule has 2 fully saturated rings. The molecule has 2 atom stereocenters. The second kappa shape index (κ2) is 8.13.